The van der Waals surface area contributed by atoms with E-state index in [9.17, 15) is 9.59 Å². The second-order valence-electron chi connectivity index (χ2n) is 7.24. The van der Waals surface area contributed by atoms with Gasteiger partial charge in [0, 0.05) is 26.1 Å². The van der Waals surface area contributed by atoms with Gasteiger partial charge in [-0.3, -0.25) is 9.59 Å². The van der Waals surface area contributed by atoms with Crippen LogP contribution in [-0.2, 0) is 22.6 Å². The third-order valence-electron chi connectivity index (χ3n) is 5.19. The number of likely N-dealkylation sites (tertiary alicyclic amines) is 1. The molecule has 0 saturated carbocycles. The van der Waals surface area contributed by atoms with Crippen molar-refractivity contribution in [1.29, 1.82) is 0 Å². The molecule has 6 nitrogen and oxygen atoms in total. The molecule has 1 saturated heterocycles. The van der Waals surface area contributed by atoms with E-state index in [1.165, 1.54) is 5.56 Å². The quantitative estimate of drug-likeness (QED) is 0.662. The zero-order valence-corrected chi connectivity index (χ0v) is 17.0. The largest absolute Gasteiger partial charge is 0.493 e. The van der Waals surface area contributed by atoms with Gasteiger partial charge >= 0.3 is 0 Å². The summed E-state index contributed by atoms with van der Waals surface area (Å²) in [4.78, 5) is 26.6. The molecule has 1 N–H and O–H groups in total. The van der Waals surface area contributed by atoms with Crippen LogP contribution in [0.5, 0.6) is 11.5 Å². The molecule has 1 aliphatic rings. The maximum atomic E-state index is 12.5. The monoisotopic (exact) mass is 396 g/mol. The minimum atomic E-state index is -0.292. The number of nitrogens with zero attached hydrogens (tertiary/aromatic N) is 1. The normalized spacial score (nSPS) is 16.0. The number of methoxy groups -OCH3 is 2. The highest BCUT2D eigenvalue weighted by Gasteiger charge is 2.34. The first-order chi connectivity index (χ1) is 14.1. The van der Waals surface area contributed by atoms with E-state index in [1.807, 2.05) is 36.4 Å². The first kappa shape index (κ1) is 20.7. The van der Waals surface area contributed by atoms with Gasteiger partial charge in [-0.15, -0.1) is 0 Å². The summed E-state index contributed by atoms with van der Waals surface area (Å²) >= 11 is 0. The molecule has 2 aromatic rings. The summed E-state index contributed by atoms with van der Waals surface area (Å²) in [6.45, 7) is 1.52. The van der Waals surface area contributed by atoms with Crippen molar-refractivity contribution in [1.82, 2.24) is 10.2 Å². The van der Waals surface area contributed by atoms with E-state index in [-0.39, 0.29) is 24.2 Å². The molecule has 6 heteroatoms. The van der Waals surface area contributed by atoms with Gasteiger partial charge in [-0.2, -0.15) is 0 Å². The number of amides is 2. The van der Waals surface area contributed by atoms with E-state index in [0.717, 1.165) is 18.4 Å². The number of rotatable bonds is 9. The SMILES string of the molecule is COc1ccc(CN2CC(C(=O)NCCCc3ccccc3)CC2=O)cc1OC. The summed E-state index contributed by atoms with van der Waals surface area (Å²) in [5.74, 6) is 0.950. The van der Waals surface area contributed by atoms with E-state index in [0.29, 0.717) is 31.1 Å². The predicted octanol–water partition coefficient (Wildman–Crippen LogP) is 2.80. The van der Waals surface area contributed by atoms with E-state index in [4.69, 9.17) is 9.47 Å². The number of nitrogens with one attached hydrogen (secondary N) is 1. The average molecular weight is 396 g/mol. The lowest BCUT2D eigenvalue weighted by atomic mass is 10.1. The van der Waals surface area contributed by atoms with Gasteiger partial charge < -0.3 is 19.7 Å². The molecular weight excluding hydrogens is 368 g/mol. The lowest BCUT2D eigenvalue weighted by molar-refractivity contribution is -0.129. The van der Waals surface area contributed by atoms with Crippen LogP contribution in [0, 0.1) is 5.92 Å². The van der Waals surface area contributed by atoms with Crippen LogP contribution in [0.3, 0.4) is 0 Å². The molecule has 29 heavy (non-hydrogen) atoms. The zero-order chi connectivity index (χ0) is 20.6. The summed E-state index contributed by atoms with van der Waals surface area (Å²) in [6, 6.07) is 15.8. The minimum absolute atomic E-state index is 0.00391. The first-order valence-electron chi connectivity index (χ1n) is 9.91. The van der Waals surface area contributed by atoms with Crippen molar-refractivity contribution in [3.63, 3.8) is 0 Å². The smallest absolute Gasteiger partial charge is 0.225 e. The van der Waals surface area contributed by atoms with Gasteiger partial charge in [-0.05, 0) is 36.1 Å². The number of benzene rings is 2. The standard InChI is InChI=1S/C23H28N2O4/c1-28-20-11-10-18(13-21(20)29-2)15-25-16-19(14-22(25)26)23(27)24-12-6-9-17-7-4-3-5-8-17/h3-5,7-8,10-11,13,19H,6,9,12,14-16H2,1-2H3,(H,24,27). The fourth-order valence-electron chi connectivity index (χ4n) is 3.59. The van der Waals surface area contributed by atoms with Crippen molar-refractivity contribution in [2.45, 2.75) is 25.8 Å². The van der Waals surface area contributed by atoms with Crippen LogP contribution in [0.25, 0.3) is 0 Å². The molecule has 0 spiro atoms. The van der Waals surface area contributed by atoms with Crippen molar-refractivity contribution in [2.24, 2.45) is 5.92 Å². The Morgan fingerprint density at radius 1 is 1.07 bits per heavy atom. The van der Waals surface area contributed by atoms with Crippen LogP contribution >= 0.6 is 0 Å². The molecule has 0 bridgehead atoms. The van der Waals surface area contributed by atoms with Crippen LogP contribution in [-0.4, -0.2) is 44.0 Å². The summed E-state index contributed by atoms with van der Waals surface area (Å²) in [5, 5.41) is 2.98. The third-order valence-corrected chi connectivity index (χ3v) is 5.19. The molecule has 1 fully saturated rings. The van der Waals surface area contributed by atoms with E-state index in [1.54, 1.807) is 19.1 Å². The van der Waals surface area contributed by atoms with Gasteiger partial charge in [0.1, 0.15) is 0 Å². The molecule has 1 unspecified atom stereocenters. The van der Waals surface area contributed by atoms with Crippen molar-refractivity contribution in [3.8, 4) is 11.5 Å². The molecule has 1 atom stereocenters. The first-order valence-corrected chi connectivity index (χ1v) is 9.91. The fraction of sp³-hybridized carbons (Fsp3) is 0.391. The summed E-state index contributed by atoms with van der Waals surface area (Å²) < 4.78 is 10.6. The Morgan fingerprint density at radius 3 is 2.55 bits per heavy atom. The lowest BCUT2D eigenvalue weighted by Gasteiger charge is -2.18. The number of ether oxygens (including phenoxy) is 2. The third kappa shape index (κ3) is 5.50. The Hall–Kier alpha value is -3.02. The Morgan fingerprint density at radius 2 is 1.83 bits per heavy atom. The molecule has 0 aliphatic carbocycles. The molecule has 0 radical (unpaired) electrons. The average Bonchev–Trinajstić information content (AvgIpc) is 3.12. The Kier molecular flexibility index (Phi) is 7.11. The topological polar surface area (TPSA) is 67.9 Å². The number of aryl methyl sites for hydroxylation is 1. The van der Waals surface area contributed by atoms with E-state index in [2.05, 4.69) is 17.4 Å². The van der Waals surface area contributed by atoms with Gasteiger partial charge in [0.15, 0.2) is 11.5 Å². The lowest BCUT2D eigenvalue weighted by Crippen LogP contribution is -2.33. The Balaban J connectivity index is 1.47. The highest BCUT2D eigenvalue weighted by atomic mass is 16.5. The highest BCUT2D eigenvalue weighted by Crippen LogP contribution is 2.29. The predicted molar refractivity (Wildman–Crippen MR) is 111 cm³/mol. The number of carbonyl (C=O) groups excluding carboxylic acids is 2. The fourth-order valence-corrected chi connectivity index (χ4v) is 3.59. The zero-order valence-electron chi connectivity index (χ0n) is 17.0. The van der Waals surface area contributed by atoms with Gasteiger partial charge in [0.05, 0.1) is 20.1 Å². The summed E-state index contributed by atoms with van der Waals surface area (Å²) in [5.41, 5.74) is 2.21. The molecule has 1 heterocycles. The highest BCUT2D eigenvalue weighted by molar-refractivity contribution is 5.89. The molecule has 0 aromatic heterocycles. The van der Waals surface area contributed by atoms with Gasteiger partial charge in [-0.25, -0.2) is 0 Å². The van der Waals surface area contributed by atoms with E-state index < -0.39 is 0 Å². The van der Waals surface area contributed by atoms with E-state index >= 15 is 0 Å². The molecule has 2 aromatic carbocycles. The number of hydrogen-bond donors (Lipinski definition) is 1. The second-order valence-corrected chi connectivity index (χ2v) is 7.24. The molecule has 3 rings (SSSR count). The Labute approximate surface area is 171 Å². The summed E-state index contributed by atoms with van der Waals surface area (Å²) in [6.07, 6.45) is 2.07. The van der Waals surface area contributed by atoms with Crippen molar-refractivity contribution >= 4 is 11.8 Å². The molecule has 154 valence electrons. The van der Waals surface area contributed by atoms with Crippen LogP contribution in [0.2, 0.25) is 0 Å². The van der Waals surface area contributed by atoms with Gasteiger partial charge in [-0.1, -0.05) is 36.4 Å². The maximum absolute atomic E-state index is 12.5. The van der Waals surface area contributed by atoms with Crippen molar-refractivity contribution in [2.75, 3.05) is 27.3 Å². The molecule has 2 amide bonds. The molecule has 1 aliphatic heterocycles. The van der Waals surface area contributed by atoms with Crippen LogP contribution in [0.15, 0.2) is 48.5 Å². The van der Waals surface area contributed by atoms with Crippen molar-refractivity contribution < 1.29 is 19.1 Å². The van der Waals surface area contributed by atoms with Crippen LogP contribution < -0.4 is 14.8 Å². The van der Waals surface area contributed by atoms with Gasteiger partial charge in [0.2, 0.25) is 11.8 Å². The number of carbonyl (C=O) groups is 2. The van der Waals surface area contributed by atoms with Crippen LogP contribution in [0.1, 0.15) is 24.0 Å². The van der Waals surface area contributed by atoms with Gasteiger partial charge in [0.25, 0.3) is 0 Å². The summed E-state index contributed by atoms with van der Waals surface area (Å²) in [7, 11) is 3.17. The maximum Gasteiger partial charge on any atom is 0.225 e. The minimum Gasteiger partial charge on any atom is -0.493 e. The Bertz CT molecular complexity index is 838. The van der Waals surface area contributed by atoms with Crippen molar-refractivity contribution in [3.05, 3.63) is 59.7 Å². The molecular formula is C23H28N2O4. The second kappa shape index (κ2) is 9.96. The number of hydrogen-bond acceptors (Lipinski definition) is 4. The van der Waals surface area contributed by atoms with Crippen LogP contribution in [0.4, 0.5) is 0 Å².